The minimum atomic E-state index is -3.55. The van der Waals surface area contributed by atoms with E-state index in [0.29, 0.717) is 29.8 Å². The summed E-state index contributed by atoms with van der Waals surface area (Å²) in [6.45, 7) is 5.63. The van der Waals surface area contributed by atoms with Gasteiger partial charge in [-0.05, 0) is 19.3 Å². The molecule has 0 aliphatic carbocycles. The van der Waals surface area contributed by atoms with Crippen LogP contribution in [-0.4, -0.2) is 45.5 Å². The van der Waals surface area contributed by atoms with E-state index in [2.05, 4.69) is 15.1 Å². The maximum absolute atomic E-state index is 13.1. The molecule has 2 aliphatic heterocycles. The Balaban J connectivity index is 1.57. The lowest BCUT2D eigenvalue weighted by Crippen LogP contribution is -2.40. The van der Waals surface area contributed by atoms with E-state index in [-0.39, 0.29) is 11.8 Å². The van der Waals surface area contributed by atoms with Crippen LogP contribution >= 0.6 is 0 Å². The fourth-order valence-corrected chi connectivity index (χ4v) is 5.26. The zero-order chi connectivity index (χ0) is 17.6. The van der Waals surface area contributed by atoms with Crippen molar-refractivity contribution in [3.63, 3.8) is 0 Å². The van der Waals surface area contributed by atoms with Crippen molar-refractivity contribution in [3.8, 4) is 0 Å². The van der Waals surface area contributed by atoms with Gasteiger partial charge >= 0.3 is 0 Å². The molecule has 8 nitrogen and oxygen atoms in total. The van der Waals surface area contributed by atoms with Crippen molar-refractivity contribution in [2.75, 3.05) is 13.1 Å². The van der Waals surface area contributed by atoms with Gasteiger partial charge in [0.15, 0.2) is 10.9 Å². The second-order valence-corrected chi connectivity index (χ2v) is 9.00. The third kappa shape index (κ3) is 2.89. The van der Waals surface area contributed by atoms with Crippen LogP contribution in [0.4, 0.5) is 0 Å². The van der Waals surface area contributed by atoms with E-state index in [1.165, 1.54) is 6.20 Å². The second-order valence-electron chi connectivity index (χ2n) is 7.12. The number of rotatable bonds is 4. The maximum atomic E-state index is 13.1. The van der Waals surface area contributed by atoms with Crippen LogP contribution in [-0.2, 0) is 23.0 Å². The van der Waals surface area contributed by atoms with Crippen LogP contribution in [0, 0.1) is 0 Å². The quantitative estimate of drug-likeness (QED) is 0.821. The van der Waals surface area contributed by atoms with Crippen molar-refractivity contribution >= 4 is 10.0 Å². The summed E-state index contributed by atoms with van der Waals surface area (Å²) in [5.41, 5.74) is 0. The molecule has 4 heterocycles. The number of aryl methyl sites for hydroxylation is 1. The molecule has 0 bridgehead atoms. The molecule has 4 rings (SSSR count). The third-order valence-corrected chi connectivity index (χ3v) is 6.85. The predicted molar refractivity (Wildman–Crippen MR) is 89.7 cm³/mol. The van der Waals surface area contributed by atoms with Gasteiger partial charge in [-0.15, -0.1) is 0 Å². The molecule has 0 radical (unpaired) electrons. The molecule has 0 aromatic carbocycles. The molecule has 1 atom stereocenters. The summed E-state index contributed by atoms with van der Waals surface area (Å²) in [4.78, 5) is 8.73. The molecule has 1 saturated heterocycles. The van der Waals surface area contributed by atoms with Crippen LogP contribution in [0.1, 0.15) is 62.5 Å². The van der Waals surface area contributed by atoms with E-state index in [9.17, 15) is 8.42 Å². The summed E-state index contributed by atoms with van der Waals surface area (Å²) in [6.07, 6.45) is 4.96. The molecule has 0 amide bonds. The molecule has 2 aliphatic rings. The first-order valence-electron chi connectivity index (χ1n) is 8.85. The van der Waals surface area contributed by atoms with Gasteiger partial charge in [0.1, 0.15) is 5.82 Å². The topological polar surface area (TPSA) is 94.1 Å². The SMILES string of the molecule is CC(C)c1nc([C@H]2CCCN(S(=O)(=O)c3cnc4n3CCC4)C2)no1. The second kappa shape index (κ2) is 6.21. The number of nitrogens with zero attached hydrogens (tertiary/aromatic N) is 5. The molecule has 2 aromatic heterocycles. The van der Waals surface area contributed by atoms with Gasteiger partial charge in [0.05, 0.1) is 6.20 Å². The number of aromatic nitrogens is 4. The van der Waals surface area contributed by atoms with Gasteiger partial charge in [-0.2, -0.15) is 9.29 Å². The molecule has 1 fully saturated rings. The number of imidazole rings is 1. The van der Waals surface area contributed by atoms with Crippen molar-refractivity contribution < 1.29 is 12.9 Å². The fraction of sp³-hybridized carbons (Fsp3) is 0.688. The Morgan fingerprint density at radius 2 is 2.12 bits per heavy atom. The van der Waals surface area contributed by atoms with E-state index >= 15 is 0 Å². The third-order valence-electron chi connectivity index (χ3n) is 4.99. The van der Waals surface area contributed by atoms with Crippen LogP contribution in [0.3, 0.4) is 0 Å². The predicted octanol–water partition coefficient (Wildman–Crippen LogP) is 1.90. The van der Waals surface area contributed by atoms with Crippen molar-refractivity contribution in [1.29, 1.82) is 0 Å². The number of piperidine rings is 1. The summed E-state index contributed by atoms with van der Waals surface area (Å²) >= 11 is 0. The smallest absolute Gasteiger partial charge is 0.260 e. The minimum absolute atomic E-state index is 0.0271. The van der Waals surface area contributed by atoms with Gasteiger partial charge in [-0.1, -0.05) is 19.0 Å². The number of hydrogen-bond donors (Lipinski definition) is 0. The standard InChI is InChI=1S/C16H23N5O3S/c1-11(2)16-18-15(19-24-16)12-5-3-7-20(10-12)25(22,23)14-9-17-13-6-4-8-21(13)14/h9,11-12H,3-8,10H2,1-2H3/t12-/m0/s1. The lowest BCUT2D eigenvalue weighted by molar-refractivity contribution is 0.298. The van der Waals surface area contributed by atoms with Crippen molar-refractivity contribution in [2.45, 2.75) is 62.9 Å². The summed E-state index contributed by atoms with van der Waals surface area (Å²) in [6, 6.07) is 0. The Kier molecular flexibility index (Phi) is 4.15. The first-order valence-corrected chi connectivity index (χ1v) is 10.3. The minimum Gasteiger partial charge on any atom is -0.339 e. The van der Waals surface area contributed by atoms with Crippen molar-refractivity contribution in [3.05, 3.63) is 23.7 Å². The number of hydrogen-bond acceptors (Lipinski definition) is 6. The molecule has 0 unspecified atom stereocenters. The molecular weight excluding hydrogens is 342 g/mol. The highest BCUT2D eigenvalue weighted by Crippen LogP contribution is 2.30. The highest BCUT2D eigenvalue weighted by atomic mass is 32.2. The Labute approximate surface area is 147 Å². The van der Waals surface area contributed by atoms with Gasteiger partial charge in [0.2, 0.25) is 5.89 Å². The Morgan fingerprint density at radius 3 is 2.88 bits per heavy atom. The highest BCUT2D eigenvalue weighted by Gasteiger charge is 2.36. The summed E-state index contributed by atoms with van der Waals surface area (Å²) in [5.74, 6) is 2.22. The van der Waals surface area contributed by atoms with Crippen LogP contribution in [0.2, 0.25) is 0 Å². The molecule has 2 aromatic rings. The normalized spacial score (nSPS) is 21.8. The summed E-state index contributed by atoms with van der Waals surface area (Å²) in [7, 11) is -3.55. The highest BCUT2D eigenvalue weighted by molar-refractivity contribution is 7.89. The average molecular weight is 365 g/mol. The zero-order valence-electron chi connectivity index (χ0n) is 14.6. The van der Waals surface area contributed by atoms with Gasteiger partial charge in [0.25, 0.3) is 10.0 Å². The molecule has 0 N–H and O–H groups in total. The van der Waals surface area contributed by atoms with Crippen molar-refractivity contribution in [1.82, 2.24) is 24.0 Å². The monoisotopic (exact) mass is 365 g/mol. The lowest BCUT2D eigenvalue weighted by Gasteiger charge is -2.30. The molecule has 0 saturated carbocycles. The molecule has 9 heteroatoms. The van der Waals surface area contributed by atoms with Gasteiger partial charge in [-0.25, -0.2) is 13.4 Å². The van der Waals surface area contributed by atoms with E-state index < -0.39 is 10.0 Å². The molecule has 136 valence electrons. The zero-order valence-corrected chi connectivity index (χ0v) is 15.4. The summed E-state index contributed by atoms with van der Waals surface area (Å²) in [5, 5.41) is 4.39. The van der Waals surface area contributed by atoms with Crippen LogP contribution < -0.4 is 0 Å². The number of fused-ring (bicyclic) bond motifs is 1. The molecule has 0 spiro atoms. The van der Waals surface area contributed by atoms with Crippen LogP contribution in [0.25, 0.3) is 0 Å². The number of sulfonamides is 1. The Bertz CT molecular complexity index is 870. The van der Waals surface area contributed by atoms with Crippen LogP contribution in [0.5, 0.6) is 0 Å². The maximum Gasteiger partial charge on any atom is 0.260 e. The van der Waals surface area contributed by atoms with Gasteiger partial charge < -0.3 is 9.09 Å². The lowest BCUT2D eigenvalue weighted by atomic mass is 9.99. The van der Waals surface area contributed by atoms with Gasteiger partial charge in [0, 0.05) is 37.9 Å². The van der Waals surface area contributed by atoms with E-state index in [1.54, 1.807) is 4.31 Å². The fourth-order valence-electron chi connectivity index (χ4n) is 3.59. The van der Waals surface area contributed by atoms with Crippen molar-refractivity contribution in [2.24, 2.45) is 0 Å². The summed E-state index contributed by atoms with van der Waals surface area (Å²) < 4.78 is 34.9. The first-order chi connectivity index (χ1) is 12.0. The van der Waals surface area contributed by atoms with Gasteiger partial charge in [-0.3, -0.25) is 0 Å². The molecular formula is C16H23N5O3S. The Morgan fingerprint density at radius 1 is 1.28 bits per heavy atom. The largest absolute Gasteiger partial charge is 0.339 e. The van der Waals surface area contributed by atoms with E-state index in [0.717, 1.165) is 38.1 Å². The van der Waals surface area contributed by atoms with Crippen LogP contribution in [0.15, 0.2) is 15.7 Å². The van der Waals surface area contributed by atoms with E-state index in [4.69, 9.17) is 4.52 Å². The molecule has 25 heavy (non-hydrogen) atoms. The average Bonchev–Trinajstić information content (AvgIpc) is 3.30. The Hall–Kier alpha value is -1.74. The van der Waals surface area contributed by atoms with E-state index in [1.807, 2.05) is 18.4 Å². The first kappa shape index (κ1) is 16.7.